The molecule has 5 heteroatoms. The van der Waals surface area contributed by atoms with Gasteiger partial charge in [-0.2, -0.15) is 0 Å². The van der Waals surface area contributed by atoms with Gasteiger partial charge in [-0.3, -0.25) is 4.79 Å². The highest BCUT2D eigenvalue weighted by molar-refractivity contribution is 7.18. The number of piperidine rings is 1. The Morgan fingerprint density at radius 3 is 2.79 bits per heavy atom. The molecule has 4 rings (SSSR count). The Balaban J connectivity index is 1.38. The van der Waals surface area contributed by atoms with Gasteiger partial charge in [0.1, 0.15) is 6.04 Å². The average Bonchev–Trinajstić information content (AvgIpc) is 3.17. The second-order valence-corrected chi connectivity index (χ2v) is 8.83. The highest BCUT2D eigenvalue weighted by Gasteiger charge is 2.31. The molecule has 1 amide bonds. The van der Waals surface area contributed by atoms with Crippen molar-refractivity contribution in [2.45, 2.75) is 38.1 Å². The molecule has 0 bridgehead atoms. The fraction of sp³-hybridized carbons (Fsp3) is 0.391. The molecule has 1 saturated heterocycles. The lowest BCUT2D eigenvalue weighted by molar-refractivity contribution is -0.929. The van der Waals surface area contributed by atoms with Crippen LogP contribution in [0.5, 0.6) is 0 Å². The van der Waals surface area contributed by atoms with E-state index >= 15 is 0 Å². The van der Waals surface area contributed by atoms with E-state index in [4.69, 9.17) is 4.98 Å². The number of quaternary nitrogens is 1. The van der Waals surface area contributed by atoms with Crippen LogP contribution in [0.25, 0.3) is 10.2 Å². The zero-order chi connectivity index (χ0) is 19.3. The molecule has 2 heterocycles. The normalized spacial score (nSPS) is 20.8. The monoisotopic (exact) mass is 394 g/mol. The standard InChI is InChI=1S/C23H27N3OS/c1-17(18-9-3-2-4-10-18)15-24-22(27)16-26-14-8-7-12-20(26)23-25-19-11-5-6-13-21(19)28-23/h2-6,9-11,13,17,20H,7-8,12,14-16H2,1H3,(H,24,27)/p+1/t17-,20-/m1/s1. The number of fused-ring (bicyclic) bond motifs is 1. The van der Waals surface area contributed by atoms with Crippen LogP contribution in [0.4, 0.5) is 0 Å². The van der Waals surface area contributed by atoms with Gasteiger partial charge in [0.2, 0.25) is 0 Å². The van der Waals surface area contributed by atoms with Gasteiger partial charge < -0.3 is 10.2 Å². The van der Waals surface area contributed by atoms with Gasteiger partial charge in [0.25, 0.3) is 5.91 Å². The molecule has 2 aromatic carbocycles. The van der Waals surface area contributed by atoms with E-state index in [0.29, 0.717) is 25.0 Å². The largest absolute Gasteiger partial charge is 0.351 e. The zero-order valence-corrected chi connectivity index (χ0v) is 17.2. The lowest BCUT2D eigenvalue weighted by atomic mass is 10.0. The van der Waals surface area contributed by atoms with Crippen LogP contribution in [-0.2, 0) is 4.79 Å². The highest BCUT2D eigenvalue weighted by atomic mass is 32.1. The van der Waals surface area contributed by atoms with Crippen LogP contribution in [0, 0.1) is 0 Å². The van der Waals surface area contributed by atoms with Gasteiger partial charge in [-0.05, 0) is 36.5 Å². The third-order valence-electron chi connectivity index (χ3n) is 5.70. The van der Waals surface area contributed by atoms with Gasteiger partial charge >= 0.3 is 0 Å². The van der Waals surface area contributed by atoms with E-state index < -0.39 is 0 Å². The Bertz CT molecular complexity index is 891. The number of hydrogen-bond donors (Lipinski definition) is 2. The number of para-hydroxylation sites is 1. The Kier molecular flexibility index (Phi) is 6.03. The zero-order valence-electron chi connectivity index (χ0n) is 16.4. The van der Waals surface area contributed by atoms with Crippen LogP contribution in [0.15, 0.2) is 54.6 Å². The lowest BCUT2D eigenvalue weighted by Crippen LogP contribution is -3.14. The predicted molar refractivity (Wildman–Crippen MR) is 115 cm³/mol. The molecule has 4 nitrogen and oxygen atoms in total. The molecule has 3 atom stereocenters. The van der Waals surface area contributed by atoms with E-state index in [-0.39, 0.29) is 5.91 Å². The van der Waals surface area contributed by atoms with Crippen LogP contribution in [0.3, 0.4) is 0 Å². The minimum atomic E-state index is 0.144. The number of amides is 1. The Morgan fingerprint density at radius 1 is 1.18 bits per heavy atom. The van der Waals surface area contributed by atoms with Gasteiger partial charge in [-0.1, -0.05) is 49.4 Å². The summed E-state index contributed by atoms with van der Waals surface area (Å²) < 4.78 is 1.24. The maximum Gasteiger partial charge on any atom is 0.275 e. The van der Waals surface area contributed by atoms with Crippen molar-refractivity contribution in [2.75, 3.05) is 19.6 Å². The third kappa shape index (κ3) is 4.42. The van der Waals surface area contributed by atoms with Crippen molar-refractivity contribution in [3.05, 3.63) is 65.2 Å². The van der Waals surface area contributed by atoms with E-state index in [1.54, 1.807) is 11.3 Å². The minimum absolute atomic E-state index is 0.144. The van der Waals surface area contributed by atoms with Crippen molar-refractivity contribution in [1.29, 1.82) is 0 Å². The van der Waals surface area contributed by atoms with Crippen LogP contribution in [-0.4, -0.2) is 30.5 Å². The van der Waals surface area contributed by atoms with E-state index in [0.717, 1.165) is 18.5 Å². The SMILES string of the molecule is C[C@H](CNC(=O)C[NH+]1CCCC[C@@H]1c1nc2ccccc2s1)c1ccccc1. The smallest absolute Gasteiger partial charge is 0.275 e. The first-order valence-electron chi connectivity index (χ1n) is 10.2. The summed E-state index contributed by atoms with van der Waals surface area (Å²) in [4.78, 5) is 18.9. The topological polar surface area (TPSA) is 46.4 Å². The molecule has 2 N–H and O–H groups in total. The lowest BCUT2D eigenvalue weighted by Gasteiger charge is -2.30. The molecule has 1 aliphatic rings. The summed E-state index contributed by atoms with van der Waals surface area (Å²) in [7, 11) is 0. The number of thiazole rings is 1. The summed E-state index contributed by atoms with van der Waals surface area (Å²) in [5.41, 5.74) is 2.34. The number of nitrogens with zero attached hydrogens (tertiary/aromatic N) is 1. The van der Waals surface area contributed by atoms with Crippen molar-refractivity contribution in [3.63, 3.8) is 0 Å². The summed E-state index contributed by atoms with van der Waals surface area (Å²) in [5, 5.41) is 4.33. The summed E-state index contributed by atoms with van der Waals surface area (Å²) in [6.45, 7) is 4.42. The molecular formula is C23H28N3OS+. The van der Waals surface area contributed by atoms with E-state index in [1.165, 1.54) is 33.0 Å². The van der Waals surface area contributed by atoms with Gasteiger partial charge in [0, 0.05) is 13.0 Å². The number of likely N-dealkylation sites (tertiary alicyclic amines) is 1. The number of carbonyl (C=O) groups excluding carboxylic acids is 1. The van der Waals surface area contributed by atoms with Crippen LogP contribution in [0.1, 0.15) is 48.7 Å². The molecule has 0 radical (unpaired) electrons. The summed E-state index contributed by atoms with van der Waals surface area (Å²) >= 11 is 1.79. The summed E-state index contributed by atoms with van der Waals surface area (Å²) in [5.74, 6) is 0.465. The van der Waals surface area contributed by atoms with Gasteiger partial charge in [0.15, 0.2) is 11.6 Å². The van der Waals surface area contributed by atoms with Crippen molar-refractivity contribution in [2.24, 2.45) is 0 Å². The van der Waals surface area contributed by atoms with Crippen LogP contribution >= 0.6 is 11.3 Å². The van der Waals surface area contributed by atoms with E-state index in [2.05, 4.69) is 42.6 Å². The molecule has 1 aromatic heterocycles. The van der Waals surface area contributed by atoms with Gasteiger partial charge in [0.05, 0.1) is 16.8 Å². The number of rotatable bonds is 6. The van der Waals surface area contributed by atoms with Gasteiger partial charge in [-0.25, -0.2) is 4.98 Å². The van der Waals surface area contributed by atoms with Gasteiger partial charge in [-0.15, -0.1) is 11.3 Å². The van der Waals surface area contributed by atoms with E-state index in [9.17, 15) is 4.79 Å². The molecule has 146 valence electrons. The van der Waals surface area contributed by atoms with Crippen LogP contribution < -0.4 is 10.2 Å². The van der Waals surface area contributed by atoms with Crippen molar-refractivity contribution < 1.29 is 9.69 Å². The molecule has 0 saturated carbocycles. The first-order chi connectivity index (χ1) is 13.7. The first-order valence-corrected chi connectivity index (χ1v) is 11.0. The van der Waals surface area contributed by atoms with Crippen molar-refractivity contribution >= 4 is 27.5 Å². The van der Waals surface area contributed by atoms with Crippen LogP contribution in [0.2, 0.25) is 0 Å². The minimum Gasteiger partial charge on any atom is -0.351 e. The third-order valence-corrected chi connectivity index (χ3v) is 6.85. The maximum absolute atomic E-state index is 12.6. The summed E-state index contributed by atoms with van der Waals surface area (Å²) in [6.07, 6.45) is 3.52. The first kappa shape index (κ1) is 19.1. The molecule has 1 fully saturated rings. The molecule has 0 spiro atoms. The number of nitrogens with one attached hydrogen (secondary N) is 2. The second kappa shape index (κ2) is 8.84. The Labute approximate surface area is 170 Å². The number of benzene rings is 2. The molecule has 1 unspecified atom stereocenters. The number of hydrogen-bond acceptors (Lipinski definition) is 3. The van der Waals surface area contributed by atoms with Crippen molar-refractivity contribution in [3.8, 4) is 0 Å². The highest BCUT2D eigenvalue weighted by Crippen LogP contribution is 2.28. The average molecular weight is 395 g/mol. The van der Waals surface area contributed by atoms with Crippen molar-refractivity contribution in [1.82, 2.24) is 10.3 Å². The number of carbonyl (C=O) groups is 1. The molecule has 1 aliphatic heterocycles. The quantitative estimate of drug-likeness (QED) is 0.674. The molecule has 3 aromatic rings. The summed E-state index contributed by atoms with van der Waals surface area (Å²) in [6, 6.07) is 19.0. The molecule has 0 aliphatic carbocycles. The molecular weight excluding hydrogens is 366 g/mol. The fourth-order valence-corrected chi connectivity index (χ4v) is 5.22. The molecule has 28 heavy (non-hydrogen) atoms. The predicted octanol–water partition coefficient (Wildman–Crippen LogP) is 3.33. The van der Waals surface area contributed by atoms with E-state index in [1.807, 2.05) is 24.3 Å². The second-order valence-electron chi connectivity index (χ2n) is 7.77. The number of aromatic nitrogens is 1. The Hall–Kier alpha value is -2.24. The fourth-order valence-electron chi connectivity index (χ4n) is 4.06. The maximum atomic E-state index is 12.6. The Morgan fingerprint density at radius 2 is 1.96 bits per heavy atom.